The average molecular weight is 459 g/mol. The van der Waals surface area contributed by atoms with Gasteiger partial charge in [0.25, 0.3) is 5.88 Å². The number of hydrogen-bond acceptors (Lipinski definition) is 8. The number of rotatable bonds is 3. The first-order valence-corrected chi connectivity index (χ1v) is 11.1. The number of aliphatic hydroxyl groups excluding tert-OH is 1. The molecule has 3 aliphatic rings. The second kappa shape index (κ2) is 7.30. The van der Waals surface area contributed by atoms with Crippen molar-refractivity contribution in [3.63, 3.8) is 0 Å². The van der Waals surface area contributed by atoms with Gasteiger partial charge >= 0.3 is 0 Å². The Hall–Kier alpha value is -3.91. The quantitative estimate of drug-likeness (QED) is 0.509. The second-order valence-corrected chi connectivity index (χ2v) is 9.10. The van der Waals surface area contributed by atoms with Gasteiger partial charge in [0.1, 0.15) is 23.7 Å². The Balaban J connectivity index is 1.39. The summed E-state index contributed by atoms with van der Waals surface area (Å²) in [4.78, 5) is 27.2. The highest BCUT2D eigenvalue weighted by atomic mass is 16.5. The van der Waals surface area contributed by atoms with Crippen LogP contribution in [0.4, 0.5) is 0 Å². The molecule has 3 N–H and O–H groups in total. The van der Waals surface area contributed by atoms with Crippen molar-refractivity contribution in [3.05, 3.63) is 82.1 Å². The summed E-state index contributed by atoms with van der Waals surface area (Å²) in [5, 5.41) is 36.6. The van der Waals surface area contributed by atoms with Crippen LogP contribution in [0.15, 0.2) is 58.6 Å². The van der Waals surface area contributed by atoms with Crippen molar-refractivity contribution in [2.24, 2.45) is 11.8 Å². The number of benzene rings is 2. The average Bonchev–Trinajstić information content (AvgIpc) is 3.23. The molecule has 2 aromatic carbocycles. The van der Waals surface area contributed by atoms with Gasteiger partial charge in [-0.25, -0.2) is 0 Å². The Morgan fingerprint density at radius 2 is 1.79 bits per heavy atom. The molecule has 1 aromatic heterocycles. The zero-order chi connectivity index (χ0) is 23.6. The van der Waals surface area contributed by atoms with Gasteiger partial charge in [-0.15, -0.1) is 0 Å². The molecule has 0 aliphatic heterocycles. The number of fused-ring (bicyclic) bond motifs is 4. The first-order chi connectivity index (χ1) is 16.4. The lowest BCUT2D eigenvalue weighted by molar-refractivity contribution is -0.138. The summed E-state index contributed by atoms with van der Waals surface area (Å²) in [6.45, 7) is 0.132. The number of phenols is 1. The van der Waals surface area contributed by atoms with E-state index in [9.17, 15) is 24.9 Å². The summed E-state index contributed by atoms with van der Waals surface area (Å²) in [7, 11) is 0. The third-order valence-electron chi connectivity index (χ3n) is 7.20. The second-order valence-electron chi connectivity index (χ2n) is 9.10. The normalized spacial score (nSPS) is 25.3. The Kier molecular flexibility index (Phi) is 4.44. The van der Waals surface area contributed by atoms with Crippen LogP contribution in [0.5, 0.6) is 11.6 Å². The molecule has 1 fully saturated rings. The van der Waals surface area contributed by atoms with E-state index in [1.165, 1.54) is 6.07 Å². The van der Waals surface area contributed by atoms with Gasteiger partial charge in [0.05, 0.1) is 5.56 Å². The maximum atomic E-state index is 13.6. The number of aliphatic hydroxyl groups is 2. The van der Waals surface area contributed by atoms with Crippen molar-refractivity contribution in [1.82, 2.24) is 5.16 Å². The van der Waals surface area contributed by atoms with Crippen LogP contribution in [0.25, 0.3) is 5.76 Å². The highest BCUT2D eigenvalue weighted by Crippen LogP contribution is 2.51. The van der Waals surface area contributed by atoms with Crippen molar-refractivity contribution in [1.29, 1.82) is 0 Å². The lowest BCUT2D eigenvalue weighted by Crippen LogP contribution is -2.60. The Bertz CT molecular complexity index is 1370. The molecule has 1 saturated carbocycles. The number of aromatic nitrogens is 1. The summed E-state index contributed by atoms with van der Waals surface area (Å²) >= 11 is 0. The first-order valence-electron chi connectivity index (χ1n) is 11.1. The minimum absolute atomic E-state index is 0.0206. The summed E-state index contributed by atoms with van der Waals surface area (Å²) < 4.78 is 11.1. The van der Waals surface area contributed by atoms with Crippen molar-refractivity contribution in [2.75, 3.05) is 0 Å². The molecule has 8 nitrogen and oxygen atoms in total. The van der Waals surface area contributed by atoms with Gasteiger partial charge in [-0.05, 0) is 41.1 Å². The highest BCUT2D eigenvalue weighted by molar-refractivity contribution is 6.26. The van der Waals surface area contributed by atoms with Gasteiger partial charge in [0.15, 0.2) is 11.4 Å². The third-order valence-corrected chi connectivity index (χ3v) is 7.20. The number of carbonyl (C=O) groups is 2. The van der Waals surface area contributed by atoms with E-state index in [1.807, 2.05) is 30.3 Å². The number of carbonyl (C=O) groups excluding carboxylic acids is 2. The minimum atomic E-state index is -2.37. The van der Waals surface area contributed by atoms with E-state index in [0.29, 0.717) is 18.4 Å². The molecule has 172 valence electrons. The maximum absolute atomic E-state index is 13.6. The number of ether oxygens (including phenoxy) is 1. The number of phenolic OH excluding ortho intramolecular Hbond substituents is 1. The summed E-state index contributed by atoms with van der Waals surface area (Å²) in [5.41, 5.74) is -0.696. The van der Waals surface area contributed by atoms with E-state index >= 15 is 0 Å². The van der Waals surface area contributed by atoms with Crippen LogP contribution >= 0.6 is 0 Å². The number of Topliss-reactive ketones (excluding diaryl/α,β-unsaturated/α-hetero) is 2. The predicted molar refractivity (Wildman–Crippen MR) is 118 cm³/mol. The number of nitrogens with zero attached hydrogens (tertiary/aromatic N) is 1. The fourth-order valence-corrected chi connectivity index (χ4v) is 5.55. The van der Waals surface area contributed by atoms with Gasteiger partial charge in [-0.2, -0.15) is 0 Å². The zero-order valence-electron chi connectivity index (χ0n) is 18.0. The monoisotopic (exact) mass is 459 g/mol. The number of ketones is 2. The van der Waals surface area contributed by atoms with Crippen molar-refractivity contribution in [2.45, 2.75) is 31.5 Å². The topological polar surface area (TPSA) is 130 Å². The summed E-state index contributed by atoms with van der Waals surface area (Å²) in [6.07, 6.45) is 0.843. The zero-order valence-corrected chi connectivity index (χ0v) is 18.0. The fourth-order valence-electron chi connectivity index (χ4n) is 5.55. The number of aromatic hydroxyl groups is 1. The van der Waals surface area contributed by atoms with Crippen molar-refractivity contribution in [3.8, 4) is 11.6 Å². The molecule has 6 rings (SSSR count). The molecule has 1 heterocycles. The lowest BCUT2D eigenvalue weighted by Gasteiger charge is -2.45. The van der Waals surface area contributed by atoms with Crippen LogP contribution in [0.2, 0.25) is 0 Å². The molecule has 3 aliphatic carbocycles. The fraction of sp³-hybridized carbons (Fsp3) is 0.269. The maximum Gasteiger partial charge on any atom is 0.265 e. The molecule has 1 unspecified atom stereocenters. The highest BCUT2D eigenvalue weighted by Gasteiger charge is 2.62. The van der Waals surface area contributed by atoms with E-state index < -0.39 is 29.0 Å². The van der Waals surface area contributed by atoms with Gasteiger partial charge in [0, 0.05) is 17.9 Å². The van der Waals surface area contributed by atoms with Gasteiger partial charge in [0.2, 0.25) is 11.6 Å². The smallest absolute Gasteiger partial charge is 0.265 e. The Morgan fingerprint density at radius 1 is 1.00 bits per heavy atom. The molecule has 0 radical (unpaired) electrons. The molecule has 8 heteroatoms. The molecule has 0 amide bonds. The molecule has 3 aromatic rings. The molecule has 0 spiro atoms. The van der Waals surface area contributed by atoms with Crippen LogP contribution in [0.1, 0.15) is 39.2 Å². The van der Waals surface area contributed by atoms with Crippen LogP contribution in [0, 0.1) is 11.8 Å². The van der Waals surface area contributed by atoms with Crippen LogP contribution in [-0.4, -0.2) is 37.6 Å². The van der Waals surface area contributed by atoms with E-state index in [1.54, 1.807) is 12.1 Å². The largest absolute Gasteiger partial charge is 0.507 e. The van der Waals surface area contributed by atoms with E-state index in [2.05, 4.69) is 5.16 Å². The van der Waals surface area contributed by atoms with Gasteiger partial charge < -0.3 is 24.6 Å². The SMILES string of the molecule is O=C1C2=C(O)c3c(O)cccc3CC2C[C@H]2Cc3onc(OCc4ccccc4)c3C(=O)[C@@]12O. The third kappa shape index (κ3) is 2.78. The summed E-state index contributed by atoms with van der Waals surface area (Å²) in [5.74, 6) is -3.13. The first kappa shape index (κ1) is 20.7. The van der Waals surface area contributed by atoms with Gasteiger partial charge in [-0.3, -0.25) is 9.59 Å². The lowest BCUT2D eigenvalue weighted by atomic mass is 9.59. The predicted octanol–water partition coefficient (Wildman–Crippen LogP) is 3.16. The minimum Gasteiger partial charge on any atom is -0.507 e. The van der Waals surface area contributed by atoms with E-state index in [4.69, 9.17) is 9.26 Å². The molecule has 0 bridgehead atoms. The molecular formula is C26H21NO7. The van der Waals surface area contributed by atoms with Gasteiger partial charge in [-0.1, -0.05) is 42.5 Å². The van der Waals surface area contributed by atoms with Crippen LogP contribution in [0.3, 0.4) is 0 Å². The van der Waals surface area contributed by atoms with Crippen molar-refractivity contribution < 1.29 is 34.2 Å². The van der Waals surface area contributed by atoms with Crippen LogP contribution < -0.4 is 4.74 Å². The van der Waals surface area contributed by atoms with Crippen molar-refractivity contribution >= 4 is 17.3 Å². The molecule has 0 saturated heterocycles. The Morgan fingerprint density at radius 3 is 2.59 bits per heavy atom. The standard InChI is InChI=1S/C26H21NO7/c28-17-8-4-7-14-9-15-10-16-11-18-21(25(27-34-18)33-12-13-5-2-1-3-6-13)24(31)26(16,32)23(30)20(15)22(29)19(14)17/h1-8,15-16,28-29,32H,9-12H2/t15?,16-,26-/m0/s1. The van der Waals surface area contributed by atoms with Crippen LogP contribution in [-0.2, 0) is 24.2 Å². The summed E-state index contributed by atoms with van der Waals surface area (Å²) in [6, 6.07) is 14.2. The molecule has 3 atom stereocenters. The number of hydrogen-bond donors (Lipinski definition) is 3. The van der Waals surface area contributed by atoms with E-state index in [0.717, 1.165) is 5.56 Å². The molecular weight excluding hydrogens is 438 g/mol. The Labute approximate surface area is 194 Å². The molecule has 34 heavy (non-hydrogen) atoms. The van der Waals surface area contributed by atoms with E-state index in [-0.39, 0.29) is 52.9 Å².